The third kappa shape index (κ3) is 2.68. The Morgan fingerprint density at radius 2 is 2.00 bits per heavy atom. The van der Waals surface area contributed by atoms with Gasteiger partial charge in [0.25, 0.3) is 0 Å². The number of hydrogen-bond acceptors (Lipinski definition) is 3. The molecule has 3 heteroatoms. The van der Waals surface area contributed by atoms with Gasteiger partial charge in [-0.25, -0.2) is 0 Å². The standard InChI is InChI=1S/C18H18N2O/c1-12-6-7-15(18(21)10-12)13(2)20-17-5-3-4-14-8-9-19-11-16(14)17/h3-11,13,20-21H,1-2H3. The first-order valence-electron chi connectivity index (χ1n) is 7.04. The van der Waals surface area contributed by atoms with Crippen molar-refractivity contribution < 1.29 is 5.11 Å². The Hall–Kier alpha value is -2.55. The van der Waals surface area contributed by atoms with Crippen molar-refractivity contribution in [3.05, 3.63) is 66.0 Å². The number of phenolic OH excluding ortho intramolecular Hbond substituents is 1. The number of nitrogens with one attached hydrogen (secondary N) is 1. The van der Waals surface area contributed by atoms with Crippen molar-refractivity contribution in [1.29, 1.82) is 0 Å². The second-order valence-electron chi connectivity index (χ2n) is 5.33. The fourth-order valence-corrected chi connectivity index (χ4v) is 2.57. The summed E-state index contributed by atoms with van der Waals surface area (Å²) in [4.78, 5) is 4.19. The minimum atomic E-state index is 0.0106. The number of aromatic hydroxyl groups is 1. The highest BCUT2D eigenvalue weighted by Gasteiger charge is 2.11. The smallest absolute Gasteiger partial charge is 0.121 e. The molecule has 3 rings (SSSR count). The summed E-state index contributed by atoms with van der Waals surface area (Å²) in [5.41, 5.74) is 2.97. The van der Waals surface area contributed by atoms with Crippen LogP contribution in [0, 0.1) is 6.92 Å². The third-order valence-corrected chi connectivity index (χ3v) is 3.71. The topological polar surface area (TPSA) is 45.2 Å². The highest BCUT2D eigenvalue weighted by molar-refractivity contribution is 5.93. The summed E-state index contributed by atoms with van der Waals surface area (Å²) < 4.78 is 0. The predicted molar refractivity (Wildman–Crippen MR) is 86.6 cm³/mol. The van der Waals surface area contributed by atoms with Gasteiger partial charge in [0.2, 0.25) is 0 Å². The fourth-order valence-electron chi connectivity index (χ4n) is 2.57. The maximum absolute atomic E-state index is 10.1. The first kappa shape index (κ1) is 13.4. The Morgan fingerprint density at radius 3 is 2.81 bits per heavy atom. The lowest BCUT2D eigenvalue weighted by molar-refractivity contribution is 0.465. The van der Waals surface area contributed by atoms with Gasteiger partial charge in [0, 0.05) is 29.0 Å². The summed E-state index contributed by atoms with van der Waals surface area (Å²) in [5, 5.41) is 15.8. The van der Waals surface area contributed by atoms with Crippen LogP contribution < -0.4 is 5.32 Å². The van der Waals surface area contributed by atoms with Gasteiger partial charge in [-0.05, 0) is 43.0 Å². The number of aromatic nitrogens is 1. The number of nitrogens with zero attached hydrogens (tertiary/aromatic N) is 1. The summed E-state index contributed by atoms with van der Waals surface area (Å²) in [7, 11) is 0. The fraction of sp³-hybridized carbons (Fsp3) is 0.167. The number of pyridine rings is 1. The maximum atomic E-state index is 10.1. The van der Waals surface area contributed by atoms with Crippen LogP contribution >= 0.6 is 0 Å². The number of benzene rings is 2. The molecule has 0 aliphatic rings. The Morgan fingerprint density at radius 1 is 1.14 bits per heavy atom. The SMILES string of the molecule is Cc1ccc(C(C)Nc2cccc3ccncc23)c(O)c1. The Labute approximate surface area is 124 Å². The largest absolute Gasteiger partial charge is 0.508 e. The highest BCUT2D eigenvalue weighted by atomic mass is 16.3. The number of aryl methyl sites for hydroxylation is 1. The molecule has 3 nitrogen and oxygen atoms in total. The Balaban J connectivity index is 1.94. The van der Waals surface area contributed by atoms with Gasteiger partial charge >= 0.3 is 0 Å². The van der Waals surface area contributed by atoms with Crippen LogP contribution in [0.4, 0.5) is 5.69 Å². The van der Waals surface area contributed by atoms with Crippen LogP contribution in [-0.2, 0) is 0 Å². The molecule has 2 aromatic carbocycles. The summed E-state index contributed by atoms with van der Waals surface area (Å²) in [5.74, 6) is 0.327. The van der Waals surface area contributed by atoms with Crippen molar-refractivity contribution in [3.63, 3.8) is 0 Å². The van der Waals surface area contributed by atoms with E-state index in [4.69, 9.17) is 0 Å². The molecule has 0 aliphatic heterocycles. The van der Waals surface area contributed by atoms with Gasteiger partial charge in [-0.3, -0.25) is 4.98 Å². The Kier molecular flexibility index (Phi) is 3.48. The van der Waals surface area contributed by atoms with Crippen LogP contribution in [0.15, 0.2) is 54.9 Å². The Bertz CT molecular complexity index is 778. The van der Waals surface area contributed by atoms with Crippen LogP contribution in [0.2, 0.25) is 0 Å². The normalized spacial score (nSPS) is 12.3. The van der Waals surface area contributed by atoms with Gasteiger partial charge in [0.05, 0.1) is 6.04 Å². The molecule has 1 atom stereocenters. The summed E-state index contributed by atoms with van der Waals surface area (Å²) in [6.07, 6.45) is 3.65. The minimum Gasteiger partial charge on any atom is -0.508 e. The molecular formula is C18H18N2O. The van der Waals surface area contributed by atoms with Gasteiger partial charge in [-0.1, -0.05) is 24.3 Å². The lowest BCUT2D eigenvalue weighted by Crippen LogP contribution is -2.07. The van der Waals surface area contributed by atoms with E-state index in [0.717, 1.165) is 27.6 Å². The quantitative estimate of drug-likeness (QED) is 0.745. The van der Waals surface area contributed by atoms with Crippen LogP contribution in [0.25, 0.3) is 10.8 Å². The first-order valence-corrected chi connectivity index (χ1v) is 7.04. The van der Waals surface area contributed by atoms with E-state index in [2.05, 4.69) is 16.4 Å². The van der Waals surface area contributed by atoms with E-state index in [9.17, 15) is 5.11 Å². The van der Waals surface area contributed by atoms with E-state index in [1.165, 1.54) is 0 Å². The molecule has 0 amide bonds. The number of hydrogen-bond donors (Lipinski definition) is 2. The van der Waals surface area contributed by atoms with E-state index in [1.54, 1.807) is 12.3 Å². The van der Waals surface area contributed by atoms with Gasteiger partial charge in [0.15, 0.2) is 0 Å². The molecule has 0 fully saturated rings. The average molecular weight is 278 g/mol. The van der Waals surface area contributed by atoms with E-state index < -0.39 is 0 Å². The van der Waals surface area contributed by atoms with Crippen LogP contribution in [0.1, 0.15) is 24.1 Å². The monoisotopic (exact) mass is 278 g/mol. The van der Waals surface area contributed by atoms with Crippen molar-refractivity contribution in [1.82, 2.24) is 4.98 Å². The van der Waals surface area contributed by atoms with Crippen LogP contribution in [0.5, 0.6) is 5.75 Å². The van der Waals surface area contributed by atoms with E-state index in [-0.39, 0.29) is 6.04 Å². The molecule has 0 saturated carbocycles. The molecule has 1 aromatic heterocycles. The number of anilines is 1. The zero-order valence-corrected chi connectivity index (χ0v) is 12.2. The first-order chi connectivity index (χ1) is 10.1. The van der Waals surface area contributed by atoms with Gasteiger partial charge in [-0.2, -0.15) is 0 Å². The molecule has 2 N–H and O–H groups in total. The van der Waals surface area contributed by atoms with Crippen molar-refractivity contribution in [2.75, 3.05) is 5.32 Å². The maximum Gasteiger partial charge on any atom is 0.121 e. The second-order valence-corrected chi connectivity index (χ2v) is 5.33. The van der Waals surface area contributed by atoms with Crippen molar-refractivity contribution in [2.45, 2.75) is 19.9 Å². The molecule has 3 aromatic rings. The average Bonchev–Trinajstić information content (AvgIpc) is 2.47. The number of phenols is 1. The van der Waals surface area contributed by atoms with Gasteiger partial charge in [-0.15, -0.1) is 0 Å². The molecule has 106 valence electrons. The van der Waals surface area contributed by atoms with Crippen LogP contribution in [0.3, 0.4) is 0 Å². The van der Waals surface area contributed by atoms with E-state index in [1.807, 2.05) is 50.4 Å². The van der Waals surface area contributed by atoms with E-state index in [0.29, 0.717) is 5.75 Å². The molecule has 1 heterocycles. The molecule has 21 heavy (non-hydrogen) atoms. The second kappa shape index (κ2) is 5.44. The molecule has 0 radical (unpaired) electrons. The van der Waals surface area contributed by atoms with Crippen molar-refractivity contribution in [2.24, 2.45) is 0 Å². The van der Waals surface area contributed by atoms with Gasteiger partial charge < -0.3 is 10.4 Å². The van der Waals surface area contributed by atoms with Crippen LogP contribution in [-0.4, -0.2) is 10.1 Å². The molecule has 0 saturated heterocycles. The summed E-state index contributed by atoms with van der Waals surface area (Å²) >= 11 is 0. The lowest BCUT2D eigenvalue weighted by atomic mass is 10.0. The molecule has 0 spiro atoms. The number of rotatable bonds is 3. The lowest BCUT2D eigenvalue weighted by Gasteiger charge is -2.18. The van der Waals surface area contributed by atoms with Gasteiger partial charge in [0.1, 0.15) is 5.75 Å². The molecule has 0 aliphatic carbocycles. The highest BCUT2D eigenvalue weighted by Crippen LogP contribution is 2.30. The predicted octanol–water partition coefficient (Wildman–Crippen LogP) is 4.42. The minimum absolute atomic E-state index is 0.0106. The summed E-state index contributed by atoms with van der Waals surface area (Å²) in [6.45, 7) is 4.01. The third-order valence-electron chi connectivity index (χ3n) is 3.71. The zero-order chi connectivity index (χ0) is 14.8. The van der Waals surface area contributed by atoms with E-state index >= 15 is 0 Å². The molecular weight excluding hydrogens is 260 g/mol. The number of fused-ring (bicyclic) bond motifs is 1. The zero-order valence-electron chi connectivity index (χ0n) is 12.2. The van der Waals surface area contributed by atoms with Crippen molar-refractivity contribution in [3.8, 4) is 5.75 Å². The molecule has 1 unspecified atom stereocenters. The summed E-state index contributed by atoms with van der Waals surface area (Å²) in [6, 6.07) is 13.9. The van der Waals surface area contributed by atoms with Crippen molar-refractivity contribution >= 4 is 16.5 Å². The molecule has 0 bridgehead atoms.